The lowest BCUT2D eigenvalue weighted by Gasteiger charge is -2.36. The Morgan fingerprint density at radius 3 is 2.38 bits per heavy atom. The molecule has 1 amide bonds. The van der Waals surface area contributed by atoms with E-state index in [9.17, 15) is 4.79 Å². The average molecular weight is 511 g/mol. The number of rotatable bonds is 7. The van der Waals surface area contributed by atoms with Gasteiger partial charge in [0.15, 0.2) is 11.5 Å². The van der Waals surface area contributed by atoms with E-state index in [1.165, 1.54) is 16.8 Å². The minimum Gasteiger partial charge on any atom is -0.493 e. The second kappa shape index (κ2) is 11.5. The van der Waals surface area contributed by atoms with Crippen LogP contribution in [-0.4, -0.2) is 100 Å². The van der Waals surface area contributed by atoms with E-state index in [2.05, 4.69) is 46.7 Å². The zero-order valence-corrected chi connectivity index (χ0v) is 22.2. The molecule has 9 heteroatoms. The zero-order chi connectivity index (χ0) is 25.8. The number of carbonyl (C=O) groups excluding carboxylic acids is 1. The van der Waals surface area contributed by atoms with Crippen LogP contribution < -0.4 is 19.1 Å². The lowest BCUT2D eigenvalue weighted by atomic mass is 10.1. The van der Waals surface area contributed by atoms with Crippen LogP contribution in [0.2, 0.25) is 0 Å². The molecule has 2 aromatic rings. The van der Waals surface area contributed by atoms with Crippen LogP contribution in [0.3, 0.4) is 0 Å². The van der Waals surface area contributed by atoms with Gasteiger partial charge in [0, 0.05) is 71.1 Å². The van der Waals surface area contributed by atoms with Gasteiger partial charge in [-0.1, -0.05) is 6.07 Å². The molecule has 2 fully saturated rings. The van der Waals surface area contributed by atoms with Gasteiger partial charge in [0.25, 0.3) is 0 Å². The number of carbonyl (C=O) groups is 1. The molecule has 0 unspecified atom stereocenters. The molecule has 0 aliphatic carbocycles. The third-order valence-corrected chi connectivity index (χ3v) is 7.62. The van der Waals surface area contributed by atoms with E-state index in [-0.39, 0.29) is 12.9 Å². The highest BCUT2D eigenvalue weighted by molar-refractivity contribution is 5.68. The van der Waals surface area contributed by atoms with Crippen molar-refractivity contribution in [1.82, 2.24) is 14.7 Å². The molecule has 0 radical (unpaired) electrons. The first kappa shape index (κ1) is 25.5. The van der Waals surface area contributed by atoms with Crippen LogP contribution in [0, 0.1) is 13.8 Å². The number of hydrogen-bond acceptors (Lipinski definition) is 8. The van der Waals surface area contributed by atoms with Gasteiger partial charge in [-0.15, -0.1) is 0 Å². The van der Waals surface area contributed by atoms with E-state index in [1.54, 1.807) is 7.11 Å². The molecule has 0 spiro atoms. The summed E-state index contributed by atoms with van der Waals surface area (Å²) in [5, 5.41) is 0. The number of benzene rings is 2. The summed E-state index contributed by atoms with van der Waals surface area (Å²) in [4.78, 5) is 21.6. The summed E-state index contributed by atoms with van der Waals surface area (Å²) >= 11 is 0. The second-order valence-electron chi connectivity index (χ2n) is 10.0. The Bertz CT molecular complexity index is 1090. The van der Waals surface area contributed by atoms with Crippen LogP contribution in [0.4, 0.5) is 10.5 Å². The van der Waals surface area contributed by atoms with Crippen LogP contribution in [0.5, 0.6) is 17.2 Å². The van der Waals surface area contributed by atoms with E-state index < -0.39 is 0 Å². The van der Waals surface area contributed by atoms with Crippen LogP contribution >= 0.6 is 0 Å². The predicted octanol–water partition coefficient (Wildman–Crippen LogP) is 3.12. The molecule has 3 aliphatic rings. The Hall–Kier alpha value is -3.17. The van der Waals surface area contributed by atoms with Gasteiger partial charge in [-0.25, -0.2) is 4.79 Å². The largest absolute Gasteiger partial charge is 0.493 e. The fourth-order valence-corrected chi connectivity index (χ4v) is 5.13. The predicted molar refractivity (Wildman–Crippen MR) is 142 cm³/mol. The summed E-state index contributed by atoms with van der Waals surface area (Å²) in [7, 11) is 1.65. The van der Waals surface area contributed by atoms with Crippen LogP contribution in [-0.2, 0) is 11.3 Å². The normalized spacial score (nSPS) is 18.2. The Morgan fingerprint density at radius 2 is 1.65 bits per heavy atom. The molecule has 200 valence electrons. The van der Waals surface area contributed by atoms with Crippen LogP contribution in [0.15, 0.2) is 30.3 Å². The molecule has 2 saturated heterocycles. The van der Waals surface area contributed by atoms with Crippen LogP contribution in [0.1, 0.15) is 16.7 Å². The Morgan fingerprint density at radius 1 is 0.892 bits per heavy atom. The van der Waals surface area contributed by atoms with Crippen molar-refractivity contribution < 1.29 is 23.7 Å². The van der Waals surface area contributed by atoms with E-state index in [0.717, 1.165) is 69.4 Å². The lowest BCUT2D eigenvalue weighted by Crippen LogP contribution is -2.50. The van der Waals surface area contributed by atoms with Crippen molar-refractivity contribution in [2.75, 3.05) is 84.3 Å². The molecular weight excluding hydrogens is 472 g/mol. The Kier molecular flexibility index (Phi) is 7.90. The highest BCUT2D eigenvalue weighted by Crippen LogP contribution is 2.42. The zero-order valence-electron chi connectivity index (χ0n) is 22.2. The number of amides is 1. The van der Waals surface area contributed by atoms with Crippen molar-refractivity contribution in [3.63, 3.8) is 0 Å². The van der Waals surface area contributed by atoms with Crippen LogP contribution in [0.25, 0.3) is 0 Å². The van der Waals surface area contributed by atoms with Gasteiger partial charge >= 0.3 is 6.09 Å². The average Bonchev–Trinajstić information content (AvgIpc) is 3.39. The maximum atomic E-state index is 12.6. The van der Waals surface area contributed by atoms with Gasteiger partial charge in [-0.2, -0.15) is 0 Å². The van der Waals surface area contributed by atoms with E-state index in [4.69, 9.17) is 18.9 Å². The summed E-state index contributed by atoms with van der Waals surface area (Å²) in [6.07, 6.45) is -0.199. The number of hydrogen-bond donors (Lipinski definition) is 0. The van der Waals surface area contributed by atoms with Crippen molar-refractivity contribution in [2.24, 2.45) is 0 Å². The topological polar surface area (TPSA) is 67.0 Å². The highest BCUT2D eigenvalue weighted by atomic mass is 16.7. The SMILES string of the molecule is COc1cc(CN2CCN(CCOC(=O)N3CCN(c4ccc(C)c(C)c4)CC3)CC2)cc2c1OCO2. The fourth-order valence-electron chi connectivity index (χ4n) is 5.13. The Balaban J connectivity index is 1.00. The maximum Gasteiger partial charge on any atom is 0.409 e. The number of piperazine rings is 2. The molecule has 3 heterocycles. The highest BCUT2D eigenvalue weighted by Gasteiger charge is 2.24. The molecule has 2 aromatic carbocycles. The van der Waals surface area contributed by atoms with E-state index >= 15 is 0 Å². The molecule has 9 nitrogen and oxygen atoms in total. The number of anilines is 1. The van der Waals surface area contributed by atoms with Gasteiger partial charge in [-0.05, 0) is 54.8 Å². The molecule has 37 heavy (non-hydrogen) atoms. The van der Waals surface area contributed by atoms with Crippen molar-refractivity contribution in [3.8, 4) is 17.2 Å². The van der Waals surface area contributed by atoms with Crippen molar-refractivity contribution in [3.05, 3.63) is 47.0 Å². The second-order valence-corrected chi connectivity index (χ2v) is 10.0. The minimum absolute atomic E-state index is 0.199. The molecular formula is C28H38N4O5. The summed E-state index contributed by atoms with van der Waals surface area (Å²) in [5.74, 6) is 2.16. The third-order valence-electron chi connectivity index (χ3n) is 7.62. The smallest absolute Gasteiger partial charge is 0.409 e. The first-order chi connectivity index (χ1) is 18.0. The van der Waals surface area contributed by atoms with Crippen molar-refractivity contribution in [2.45, 2.75) is 20.4 Å². The number of nitrogens with zero attached hydrogens (tertiary/aromatic N) is 4. The lowest BCUT2D eigenvalue weighted by molar-refractivity contribution is 0.0726. The molecule has 3 aliphatic heterocycles. The number of methoxy groups -OCH3 is 1. The first-order valence-electron chi connectivity index (χ1n) is 13.2. The maximum absolute atomic E-state index is 12.6. The molecule has 0 aromatic heterocycles. The summed E-state index contributed by atoms with van der Waals surface area (Å²) < 4.78 is 22.1. The Labute approximate surface area is 219 Å². The minimum atomic E-state index is -0.199. The molecule has 0 N–H and O–H groups in total. The standard InChI is InChI=1S/C28H38N4O5/c1-21-4-5-24(16-22(21)2)31-10-12-32(13-11-31)28(33)35-15-14-29-6-8-30(9-7-29)19-23-17-25(34-3)27-26(18-23)36-20-37-27/h4-5,16-18H,6-15,19-20H2,1-3H3. The van der Waals surface area contributed by atoms with Crippen molar-refractivity contribution >= 4 is 11.8 Å². The van der Waals surface area contributed by atoms with Gasteiger partial charge in [0.2, 0.25) is 12.5 Å². The molecule has 0 saturated carbocycles. The third kappa shape index (κ3) is 6.05. The summed E-state index contributed by atoms with van der Waals surface area (Å²) in [5.41, 5.74) is 4.99. The molecule has 5 rings (SSSR count). The monoisotopic (exact) mass is 510 g/mol. The molecule has 0 atom stereocenters. The number of aryl methyl sites for hydroxylation is 2. The fraction of sp³-hybridized carbons (Fsp3) is 0.536. The number of fused-ring (bicyclic) bond motifs is 1. The van der Waals surface area contributed by atoms with Gasteiger partial charge < -0.3 is 28.7 Å². The van der Waals surface area contributed by atoms with Crippen molar-refractivity contribution in [1.29, 1.82) is 0 Å². The molecule has 0 bridgehead atoms. The first-order valence-corrected chi connectivity index (χ1v) is 13.2. The summed E-state index contributed by atoms with van der Waals surface area (Å²) in [6.45, 7) is 13.4. The van der Waals surface area contributed by atoms with E-state index in [1.807, 2.05) is 17.0 Å². The van der Waals surface area contributed by atoms with E-state index in [0.29, 0.717) is 25.4 Å². The van der Waals surface area contributed by atoms with Gasteiger partial charge in [-0.3, -0.25) is 9.80 Å². The van der Waals surface area contributed by atoms with Gasteiger partial charge in [0.1, 0.15) is 6.61 Å². The summed E-state index contributed by atoms with van der Waals surface area (Å²) in [6, 6.07) is 10.6. The number of ether oxygens (including phenoxy) is 4. The quantitative estimate of drug-likeness (QED) is 0.563. The van der Waals surface area contributed by atoms with Gasteiger partial charge in [0.05, 0.1) is 7.11 Å².